The lowest BCUT2D eigenvalue weighted by atomic mass is 10.1. The first-order chi connectivity index (χ1) is 10.0. The van der Waals surface area contributed by atoms with Gasteiger partial charge in [-0.15, -0.1) is 12.4 Å². The Morgan fingerprint density at radius 1 is 1.45 bits per heavy atom. The highest BCUT2D eigenvalue weighted by molar-refractivity contribution is 5.96. The molecule has 0 saturated heterocycles. The van der Waals surface area contributed by atoms with Crippen LogP contribution in [0.2, 0.25) is 0 Å². The molecule has 8 heteroatoms. The van der Waals surface area contributed by atoms with Gasteiger partial charge >= 0.3 is 0 Å². The van der Waals surface area contributed by atoms with Crippen molar-refractivity contribution in [2.75, 3.05) is 19.0 Å². The predicted molar refractivity (Wildman–Crippen MR) is 87.0 cm³/mol. The van der Waals surface area contributed by atoms with E-state index in [0.29, 0.717) is 11.5 Å². The number of aromatic amines is 1. The number of nitrogens with one attached hydrogen (secondary N) is 2. The first-order valence-electron chi connectivity index (χ1n) is 6.56. The summed E-state index contributed by atoms with van der Waals surface area (Å²) in [7, 11) is 1.50. The van der Waals surface area contributed by atoms with Gasteiger partial charge in [0.15, 0.2) is 5.82 Å². The quantitative estimate of drug-likeness (QED) is 0.771. The van der Waals surface area contributed by atoms with Gasteiger partial charge in [-0.25, -0.2) is 4.98 Å². The fraction of sp³-hybridized carbons (Fsp3) is 0.357. The molecule has 0 aliphatic heterocycles. The number of aryl methyl sites for hydroxylation is 2. The van der Waals surface area contributed by atoms with E-state index in [9.17, 15) is 4.79 Å². The molecule has 0 aliphatic carbocycles. The zero-order chi connectivity index (χ0) is 15.4. The van der Waals surface area contributed by atoms with Gasteiger partial charge in [0.2, 0.25) is 5.91 Å². The number of rotatable bonds is 5. The van der Waals surface area contributed by atoms with Gasteiger partial charge in [-0.3, -0.25) is 9.89 Å². The highest BCUT2D eigenvalue weighted by Crippen LogP contribution is 2.23. The van der Waals surface area contributed by atoms with Crippen molar-refractivity contribution in [3.63, 3.8) is 0 Å². The van der Waals surface area contributed by atoms with Gasteiger partial charge < -0.3 is 15.8 Å². The Labute approximate surface area is 135 Å². The van der Waals surface area contributed by atoms with Crippen molar-refractivity contribution in [3.05, 3.63) is 29.6 Å². The molecule has 1 amide bonds. The van der Waals surface area contributed by atoms with E-state index in [1.807, 2.05) is 32.0 Å². The predicted octanol–water partition coefficient (Wildman–Crippen LogP) is 1.42. The lowest BCUT2D eigenvalue weighted by Crippen LogP contribution is -2.39. The van der Waals surface area contributed by atoms with Crippen LogP contribution in [0.15, 0.2) is 18.2 Å². The Hall–Kier alpha value is -1.96. The molecule has 0 spiro atoms. The lowest BCUT2D eigenvalue weighted by Gasteiger charge is -2.13. The Morgan fingerprint density at radius 2 is 2.18 bits per heavy atom. The molecule has 1 aromatic carbocycles. The van der Waals surface area contributed by atoms with E-state index in [2.05, 4.69) is 20.5 Å². The largest absolute Gasteiger partial charge is 0.383 e. The summed E-state index contributed by atoms with van der Waals surface area (Å²) in [5, 5.41) is 9.70. The first-order valence-corrected chi connectivity index (χ1v) is 6.56. The molecule has 1 unspecified atom stereocenters. The third-order valence-corrected chi connectivity index (χ3v) is 3.03. The van der Waals surface area contributed by atoms with Crippen molar-refractivity contribution in [2.24, 2.45) is 5.73 Å². The summed E-state index contributed by atoms with van der Waals surface area (Å²) >= 11 is 0. The number of hydrogen-bond donors (Lipinski definition) is 3. The van der Waals surface area contributed by atoms with E-state index in [1.165, 1.54) is 7.11 Å². The third-order valence-electron chi connectivity index (χ3n) is 3.03. The molecule has 7 nitrogen and oxygen atoms in total. The van der Waals surface area contributed by atoms with Crippen LogP contribution in [0.4, 0.5) is 5.69 Å². The summed E-state index contributed by atoms with van der Waals surface area (Å²) in [5.74, 6) is 1.03. The zero-order valence-corrected chi connectivity index (χ0v) is 13.5. The molecule has 0 bridgehead atoms. The molecule has 0 saturated carbocycles. The van der Waals surface area contributed by atoms with Crippen LogP contribution in [0.25, 0.3) is 11.4 Å². The van der Waals surface area contributed by atoms with Crippen LogP contribution in [-0.2, 0) is 9.53 Å². The van der Waals surface area contributed by atoms with E-state index in [1.54, 1.807) is 0 Å². The van der Waals surface area contributed by atoms with Crippen molar-refractivity contribution < 1.29 is 9.53 Å². The summed E-state index contributed by atoms with van der Waals surface area (Å²) in [4.78, 5) is 16.2. The van der Waals surface area contributed by atoms with E-state index in [-0.39, 0.29) is 24.9 Å². The molecule has 1 heterocycles. The summed E-state index contributed by atoms with van der Waals surface area (Å²) in [6, 6.07) is 4.93. The summed E-state index contributed by atoms with van der Waals surface area (Å²) in [5.41, 5.74) is 8.15. The van der Waals surface area contributed by atoms with E-state index in [4.69, 9.17) is 10.5 Å². The molecule has 120 valence electrons. The second-order valence-electron chi connectivity index (χ2n) is 4.83. The molecule has 0 aliphatic rings. The molecular formula is C14H20ClN5O2. The number of amides is 1. The number of aromatic nitrogens is 3. The maximum atomic E-state index is 12.0. The molecule has 4 N–H and O–H groups in total. The van der Waals surface area contributed by atoms with Crippen LogP contribution in [0.1, 0.15) is 11.4 Å². The zero-order valence-electron chi connectivity index (χ0n) is 12.7. The van der Waals surface area contributed by atoms with Crippen molar-refractivity contribution >= 4 is 24.0 Å². The Kier molecular flexibility index (Phi) is 6.48. The molecule has 1 atom stereocenters. The van der Waals surface area contributed by atoms with Crippen LogP contribution in [0.3, 0.4) is 0 Å². The van der Waals surface area contributed by atoms with Crippen LogP contribution in [0, 0.1) is 13.8 Å². The Morgan fingerprint density at radius 3 is 2.77 bits per heavy atom. The van der Waals surface area contributed by atoms with Crippen LogP contribution >= 0.6 is 12.4 Å². The van der Waals surface area contributed by atoms with Crippen molar-refractivity contribution in [2.45, 2.75) is 19.9 Å². The second kappa shape index (κ2) is 7.88. The fourth-order valence-electron chi connectivity index (χ4n) is 1.85. The van der Waals surface area contributed by atoms with Crippen molar-refractivity contribution in [3.8, 4) is 11.4 Å². The molecule has 0 fully saturated rings. The Bertz CT molecular complexity index is 644. The number of carbonyl (C=O) groups is 1. The molecule has 22 heavy (non-hydrogen) atoms. The van der Waals surface area contributed by atoms with Crippen LogP contribution in [0.5, 0.6) is 0 Å². The van der Waals surface area contributed by atoms with Gasteiger partial charge in [0, 0.05) is 18.4 Å². The van der Waals surface area contributed by atoms with E-state index >= 15 is 0 Å². The van der Waals surface area contributed by atoms with E-state index in [0.717, 1.165) is 17.0 Å². The van der Waals surface area contributed by atoms with Gasteiger partial charge in [-0.05, 0) is 25.5 Å². The highest BCUT2D eigenvalue weighted by Gasteiger charge is 2.15. The monoisotopic (exact) mass is 325 g/mol. The molecule has 1 aromatic heterocycles. The summed E-state index contributed by atoms with van der Waals surface area (Å²) < 4.78 is 4.88. The topological polar surface area (TPSA) is 106 Å². The number of anilines is 1. The standard InChI is InChI=1S/C14H19N5O2.ClH/c1-8-4-5-10(13-16-9(2)18-19-13)6-12(8)17-14(20)11(15)7-21-3;/h4-6,11H,7,15H2,1-3H3,(H,17,20)(H,16,18,19);1H. The number of hydrogen-bond acceptors (Lipinski definition) is 5. The number of carbonyl (C=O) groups excluding carboxylic acids is 1. The van der Waals surface area contributed by atoms with Gasteiger partial charge in [0.1, 0.15) is 11.9 Å². The number of benzene rings is 1. The molecule has 0 radical (unpaired) electrons. The average molecular weight is 326 g/mol. The van der Waals surface area contributed by atoms with Gasteiger partial charge in [-0.2, -0.15) is 5.10 Å². The minimum Gasteiger partial charge on any atom is -0.383 e. The van der Waals surface area contributed by atoms with E-state index < -0.39 is 6.04 Å². The summed E-state index contributed by atoms with van der Waals surface area (Å²) in [6.07, 6.45) is 0. The Balaban J connectivity index is 0.00000242. The minimum atomic E-state index is -0.705. The molecule has 2 rings (SSSR count). The number of halogens is 1. The lowest BCUT2D eigenvalue weighted by molar-refractivity contribution is -0.118. The maximum Gasteiger partial charge on any atom is 0.243 e. The summed E-state index contributed by atoms with van der Waals surface area (Å²) in [6.45, 7) is 3.91. The minimum absolute atomic E-state index is 0. The number of H-pyrrole nitrogens is 1. The number of methoxy groups -OCH3 is 1. The number of nitrogens with zero attached hydrogens (tertiary/aromatic N) is 2. The van der Waals surface area contributed by atoms with Crippen LogP contribution < -0.4 is 11.1 Å². The fourth-order valence-corrected chi connectivity index (χ4v) is 1.85. The van der Waals surface area contributed by atoms with Gasteiger partial charge in [-0.1, -0.05) is 12.1 Å². The SMILES string of the molecule is COCC(N)C(=O)Nc1cc(-c2n[nH]c(C)n2)ccc1C.Cl. The van der Waals surface area contributed by atoms with Crippen molar-refractivity contribution in [1.82, 2.24) is 15.2 Å². The molecular weight excluding hydrogens is 306 g/mol. The molecule has 2 aromatic rings. The van der Waals surface area contributed by atoms with Gasteiger partial charge in [0.05, 0.1) is 6.61 Å². The normalized spacial score (nSPS) is 11.6. The smallest absolute Gasteiger partial charge is 0.243 e. The highest BCUT2D eigenvalue weighted by atomic mass is 35.5. The first kappa shape index (κ1) is 18.1. The third kappa shape index (κ3) is 4.27. The average Bonchev–Trinajstić information content (AvgIpc) is 2.88. The maximum absolute atomic E-state index is 12.0. The van der Waals surface area contributed by atoms with Gasteiger partial charge in [0.25, 0.3) is 0 Å². The second-order valence-corrected chi connectivity index (χ2v) is 4.83. The van der Waals surface area contributed by atoms with Crippen molar-refractivity contribution in [1.29, 1.82) is 0 Å². The van der Waals surface area contributed by atoms with Crippen LogP contribution in [-0.4, -0.2) is 40.8 Å². The number of nitrogens with two attached hydrogens (primary N) is 1. The number of ether oxygens (including phenoxy) is 1.